The Morgan fingerprint density at radius 2 is 1.70 bits per heavy atom. The van der Waals surface area contributed by atoms with E-state index in [1.54, 1.807) is 30.3 Å². The fraction of sp³-hybridized carbons (Fsp3) is 0.350. The van der Waals surface area contributed by atoms with Crippen LogP contribution in [-0.2, 0) is 21.2 Å². The molecule has 0 aliphatic carbocycles. The number of halogens is 1. The minimum atomic E-state index is -3.58. The monoisotopic (exact) mass is 390 g/mol. The van der Waals surface area contributed by atoms with Crippen molar-refractivity contribution in [2.75, 3.05) is 18.4 Å². The van der Waals surface area contributed by atoms with E-state index in [9.17, 15) is 17.6 Å². The highest BCUT2D eigenvalue weighted by molar-refractivity contribution is 7.89. The first-order valence-electron chi connectivity index (χ1n) is 9.10. The first-order valence-corrected chi connectivity index (χ1v) is 10.5. The minimum Gasteiger partial charge on any atom is -0.326 e. The average Bonchev–Trinajstić information content (AvgIpc) is 2.92. The van der Waals surface area contributed by atoms with Crippen LogP contribution in [0.2, 0.25) is 0 Å². The van der Waals surface area contributed by atoms with E-state index in [-0.39, 0.29) is 17.2 Å². The number of nitrogens with zero attached hydrogens (tertiary/aromatic N) is 1. The van der Waals surface area contributed by atoms with Crippen LogP contribution in [0.4, 0.5) is 10.1 Å². The van der Waals surface area contributed by atoms with Gasteiger partial charge in [0, 0.05) is 18.8 Å². The summed E-state index contributed by atoms with van der Waals surface area (Å²) in [6.07, 6.45) is 3.83. The molecule has 1 fully saturated rings. The molecule has 27 heavy (non-hydrogen) atoms. The Hall–Kier alpha value is -2.25. The second-order valence-electron chi connectivity index (χ2n) is 6.70. The third kappa shape index (κ3) is 5.14. The number of anilines is 1. The van der Waals surface area contributed by atoms with Crippen molar-refractivity contribution in [1.82, 2.24) is 4.31 Å². The van der Waals surface area contributed by atoms with E-state index >= 15 is 0 Å². The van der Waals surface area contributed by atoms with Crippen LogP contribution in [0.1, 0.15) is 31.2 Å². The summed E-state index contributed by atoms with van der Waals surface area (Å²) in [6, 6.07) is 12.1. The zero-order chi connectivity index (χ0) is 19.3. The standard InChI is InChI=1S/C20H23FN2O3S/c21-17-8-5-7-16(13-17)14-20(24)22-18-9-6-10-19(15-18)27(25,26)23-11-3-1-2-4-12-23/h5-10,13,15H,1-4,11-12,14H2,(H,22,24). The number of hydrogen-bond acceptors (Lipinski definition) is 3. The summed E-state index contributed by atoms with van der Waals surface area (Å²) < 4.78 is 40.5. The van der Waals surface area contributed by atoms with Crippen molar-refractivity contribution in [1.29, 1.82) is 0 Å². The van der Waals surface area contributed by atoms with Gasteiger partial charge in [-0.05, 0) is 48.7 Å². The molecule has 2 aromatic carbocycles. The lowest BCUT2D eigenvalue weighted by Gasteiger charge is -2.20. The number of nitrogens with one attached hydrogen (secondary N) is 1. The van der Waals surface area contributed by atoms with Gasteiger partial charge in [-0.2, -0.15) is 4.31 Å². The highest BCUT2D eigenvalue weighted by Gasteiger charge is 2.25. The molecule has 5 nitrogen and oxygen atoms in total. The molecule has 0 bridgehead atoms. The number of amides is 1. The van der Waals surface area contributed by atoms with Crippen LogP contribution in [0.3, 0.4) is 0 Å². The minimum absolute atomic E-state index is 0.0147. The van der Waals surface area contributed by atoms with E-state index in [2.05, 4.69) is 5.32 Å². The van der Waals surface area contributed by atoms with Gasteiger partial charge in [-0.1, -0.05) is 31.0 Å². The molecular weight excluding hydrogens is 367 g/mol. The van der Waals surface area contributed by atoms with Gasteiger partial charge >= 0.3 is 0 Å². The predicted octanol–water partition coefficient (Wildman–Crippen LogP) is 3.57. The van der Waals surface area contributed by atoms with E-state index in [1.165, 1.54) is 22.5 Å². The number of carbonyl (C=O) groups excluding carboxylic acids is 1. The molecule has 1 aliphatic heterocycles. The molecule has 1 N–H and O–H groups in total. The molecule has 0 saturated carbocycles. The summed E-state index contributed by atoms with van der Waals surface area (Å²) in [5, 5.41) is 2.69. The summed E-state index contributed by atoms with van der Waals surface area (Å²) >= 11 is 0. The lowest BCUT2D eigenvalue weighted by molar-refractivity contribution is -0.115. The molecule has 0 atom stereocenters. The van der Waals surface area contributed by atoms with Crippen molar-refractivity contribution in [2.45, 2.75) is 37.0 Å². The highest BCUT2D eigenvalue weighted by Crippen LogP contribution is 2.22. The van der Waals surface area contributed by atoms with Crippen LogP contribution in [0.15, 0.2) is 53.4 Å². The Labute approximate surface area is 159 Å². The highest BCUT2D eigenvalue weighted by atomic mass is 32.2. The molecular formula is C20H23FN2O3S. The van der Waals surface area contributed by atoms with Crippen molar-refractivity contribution < 1.29 is 17.6 Å². The van der Waals surface area contributed by atoms with Gasteiger partial charge in [0.2, 0.25) is 15.9 Å². The van der Waals surface area contributed by atoms with Crippen molar-refractivity contribution in [2.24, 2.45) is 0 Å². The van der Waals surface area contributed by atoms with E-state index in [0.29, 0.717) is 24.3 Å². The summed E-state index contributed by atoms with van der Waals surface area (Å²) in [6.45, 7) is 1.05. The maximum atomic E-state index is 13.2. The molecule has 0 spiro atoms. The molecule has 0 radical (unpaired) electrons. The molecule has 1 amide bonds. The number of carbonyl (C=O) groups is 1. The van der Waals surface area contributed by atoms with E-state index in [4.69, 9.17) is 0 Å². The molecule has 144 valence electrons. The Kier molecular flexibility index (Phi) is 6.23. The van der Waals surface area contributed by atoms with Gasteiger partial charge in [0.15, 0.2) is 0 Å². The summed E-state index contributed by atoms with van der Waals surface area (Å²) in [7, 11) is -3.58. The fourth-order valence-corrected chi connectivity index (χ4v) is 4.77. The molecule has 0 aromatic heterocycles. The lowest BCUT2D eigenvalue weighted by atomic mass is 10.1. The summed E-state index contributed by atoms with van der Waals surface area (Å²) in [5.74, 6) is -0.726. The Morgan fingerprint density at radius 1 is 1.00 bits per heavy atom. The maximum Gasteiger partial charge on any atom is 0.243 e. The van der Waals surface area contributed by atoms with Crippen molar-refractivity contribution in [3.8, 4) is 0 Å². The second-order valence-corrected chi connectivity index (χ2v) is 8.64. The quantitative estimate of drug-likeness (QED) is 0.849. The van der Waals surface area contributed by atoms with E-state index in [1.807, 2.05) is 0 Å². The molecule has 2 aromatic rings. The lowest BCUT2D eigenvalue weighted by Crippen LogP contribution is -2.32. The average molecular weight is 390 g/mol. The maximum absolute atomic E-state index is 13.2. The van der Waals surface area contributed by atoms with Crippen LogP contribution in [0.5, 0.6) is 0 Å². The molecule has 7 heteroatoms. The van der Waals surface area contributed by atoms with Crippen LogP contribution in [0.25, 0.3) is 0 Å². The van der Waals surface area contributed by atoms with Crippen molar-refractivity contribution in [3.05, 3.63) is 59.9 Å². The number of sulfonamides is 1. The largest absolute Gasteiger partial charge is 0.326 e. The van der Waals surface area contributed by atoms with Gasteiger partial charge in [-0.15, -0.1) is 0 Å². The van der Waals surface area contributed by atoms with Gasteiger partial charge in [-0.25, -0.2) is 12.8 Å². The first kappa shape index (κ1) is 19.5. The van der Waals surface area contributed by atoms with E-state index in [0.717, 1.165) is 25.7 Å². The van der Waals surface area contributed by atoms with Crippen LogP contribution >= 0.6 is 0 Å². The zero-order valence-corrected chi connectivity index (χ0v) is 15.8. The topological polar surface area (TPSA) is 66.5 Å². The SMILES string of the molecule is O=C(Cc1cccc(F)c1)Nc1cccc(S(=O)(=O)N2CCCCCC2)c1. The Morgan fingerprint density at radius 3 is 2.41 bits per heavy atom. The smallest absolute Gasteiger partial charge is 0.243 e. The fourth-order valence-electron chi connectivity index (χ4n) is 3.20. The second kappa shape index (κ2) is 8.63. The normalized spacial score (nSPS) is 15.9. The first-order chi connectivity index (χ1) is 12.9. The van der Waals surface area contributed by atoms with Crippen molar-refractivity contribution >= 4 is 21.6 Å². The van der Waals surface area contributed by atoms with Gasteiger partial charge in [0.1, 0.15) is 5.82 Å². The predicted molar refractivity (Wildman–Crippen MR) is 102 cm³/mol. The Bertz CT molecular complexity index is 907. The molecule has 1 saturated heterocycles. The van der Waals surface area contributed by atoms with Gasteiger partial charge in [0.25, 0.3) is 0 Å². The molecule has 0 unspecified atom stereocenters. The zero-order valence-electron chi connectivity index (χ0n) is 15.0. The number of benzene rings is 2. The third-order valence-electron chi connectivity index (χ3n) is 4.57. The molecule has 1 heterocycles. The molecule has 1 aliphatic rings. The third-order valence-corrected chi connectivity index (χ3v) is 6.47. The van der Waals surface area contributed by atoms with Crippen LogP contribution < -0.4 is 5.32 Å². The van der Waals surface area contributed by atoms with Crippen molar-refractivity contribution in [3.63, 3.8) is 0 Å². The van der Waals surface area contributed by atoms with Gasteiger partial charge in [-0.3, -0.25) is 4.79 Å². The molecule has 3 rings (SSSR count). The van der Waals surface area contributed by atoms with E-state index < -0.39 is 15.8 Å². The number of hydrogen-bond donors (Lipinski definition) is 1. The number of rotatable bonds is 5. The van der Waals surface area contributed by atoms with Gasteiger partial charge < -0.3 is 5.32 Å². The summed E-state index contributed by atoms with van der Waals surface area (Å²) in [5.41, 5.74) is 0.966. The van der Waals surface area contributed by atoms with Gasteiger partial charge in [0.05, 0.1) is 11.3 Å². The van der Waals surface area contributed by atoms with Crippen LogP contribution in [-0.4, -0.2) is 31.7 Å². The Balaban J connectivity index is 1.72. The van der Waals surface area contributed by atoms with Crippen LogP contribution in [0, 0.1) is 5.82 Å². The summed E-state index contributed by atoms with van der Waals surface area (Å²) in [4.78, 5) is 12.4.